The first kappa shape index (κ1) is 16.5. The highest BCUT2D eigenvalue weighted by Gasteiger charge is 2.34. The summed E-state index contributed by atoms with van der Waals surface area (Å²) in [5.41, 5.74) is -0.187. The number of furan rings is 1. The van der Waals surface area contributed by atoms with Crippen molar-refractivity contribution in [2.24, 2.45) is 0 Å². The van der Waals surface area contributed by atoms with Gasteiger partial charge >= 0.3 is 6.18 Å². The van der Waals surface area contributed by atoms with Crippen molar-refractivity contribution in [3.05, 3.63) is 47.7 Å². The van der Waals surface area contributed by atoms with Crippen molar-refractivity contribution < 1.29 is 22.4 Å². The Labute approximate surface area is 141 Å². The Morgan fingerprint density at radius 2 is 1.83 bits per heavy atom. The lowest BCUT2D eigenvalue weighted by molar-refractivity contribution is -0.137. The fraction of sp³-hybridized carbons (Fsp3) is 0.250. The Balaban J connectivity index is 1.80. The summed E-state index contributed by atoms with van der Waals surface area (Å²) < 4.78 is 43.5. The van der Waals surface area contributed by atoms with Crippen molar-refractivity contribution in [3.63, 3.8) is 0 Å². The average Bonchev–Trinajstić information content (AvgIpc) is 3.12. The number of carbonyl (C=O) groups excluding carboxylic acids is 1. The maximum absolute atomic E-state index is 12.6. The molecule has 2 aromatic rings. The van der Waals surface area contributed by atoms with Crippen molar-refractivity contribution in [1.29, 1.82) is 0 Å². The highest BCUT2D eigenvalue weighted by molar-refractivity contribution is 7.80. The predicted octanol–water partition coefficient (Wildman–Crippen LogP) is 3.44. The fourth-order valence-corrected chi connectivity index (χ4v) is 2.75. The van der Waals surface area contributed by atoms with E-state index in [0.717, 1.165) is 12.1 Å². The molecule has 1 aliphatic heterocycles. The van der Waals surface area contributed by atoms with Crippen LogP contribution in [0.15, 0.2) is 40.8 Å². The van der Waals surface area contributed by atoms with E-state index in [1.54, 1.807) is 19.1 Å². The summed E-state index contributed by atoms with van der Waals surface area (Å²) in [7, 11) is 0. The van der Waals surface area contributed by atoms with Gasteiger partial charge in [0.1, 0.15) is 17.6 Å². The van der Waals surface area contributed by atoms with Gasteiger partial charge in [0.25, 0.3) is 0 Å². The first-order valence-corrected chi connectivity index (χ1v) is 7.55. The van der Waals surface area contributed by atoms with E-state index >= 15 is 0 Å². The van der Waals surface area contributed by atoms with Crippen molar-refractivity contribution in [2.75, 3.05) is 0 Å². The third-order valence-corrected chi connectivity index (χ3v) is 4.10. The van der Waals surface area contributed by atoms with Gasteiger partial charge in [0, 0.05) is 11.5 Å². The van der Waals surface area contributed by atoms with Crippen LogP contribution < -0.4 is 10.6 Å². The standard InChI is InChI=1S/C16H13F3N2O2S/c1-8(13-14(22)21-15(24)20-13)11-6-7-12(23-11)9-2-4-10(5-3-9)16(17,18)19/h2-8,13H,1H3,(H2,20,21,22,24). The summed E-state index contributed by atoms with van der Waals surface area (Å²) in [6.45, 7) is 1.81. The minimum atomic E-state index is -4.37. The van der Waals surface area contributed by atoms with Gasteiger partial charge in [-0.05, 0) is 36.5 Å². The molecular formula is C16H13F3N2O2S. The molecule has 1 saturated heterocycles. The molecule has 2 heterocycles. The van der Waals surface area contributed by atoms with Gasteiger partial charge in [-0.1, -0.05) is 19.1 Å². The smallest absolute Gasteiger partial charge is 0.416 e. The molecule has 1 amide bonds. The SMILES string of the molecule is CC(c1ccc(-c2ccc(C(F)(F)F)cc2)o1)C1NC(=S)NC1=O. The van der Waals surface area contributed by atoms with E-state index in [1.165, 1.54) is 12.1 Å². The van der Waals surface area contributed by atoms with E-state index in [2.05, 4.69) is 10.6 Å². The van der Waals surface area contributed by atoms with Crippen LogP contribution in [-0.4, -0.2) is 17.1 Å². The topological polar surface area (TPSA) is 54.3 Å². The second-order valence-corrected chi connectivity index (χ2v) is 5.91. The number of nitrogens with one attached hydrogen (secondary N) is 2. The third-order valence-electron chi connectivity index (χ3n) is 3.88. The molecule has 0 aliphatic carbocycles. The Hall–Kier alpha value is -2.35. The molecule has 126 valence electrons. The monoisotopic (exact) mass is 354 g/mol. The molecule has 1 aromatic heterocycles. The van der Waals surface area contributed by atoms with Crippen molar-refractivity contribution in [3.8, 4) is 11.3 Å². The quantitative estimate of drug-likeness (QED) is 0.829. The van der Waals surface area contributed by atoms with Crippen LogP contribution in [0.5, 0.6) is 0 Å². The number of halogens is 3. The molecule has 2 unspecified atom stereocenters. The molecule has 24 heavy (non-hydrogen) atoms. The molecule has 1 fully saturated rings. The lowest BCUT2D eigenvalue weighted by atomic mass is 10.00. The van der Waals surface area contributed by atoms with Crippen LogP contribution in [0.4, 0.5) is 13.2 Å². The number of alkyl halides is 3. The number of benzene rings is 1. The fourth-order valence-electron chi connectivity index (χ4n) is 2.53. The summed E-state index contributed by atoms with van der Waals surface area (Å²) in [5.74, 6) is 0.461. The molecule has 0 bridgehead atoms. The van der Waals surface area contributed by atoms with Gasteiger partial charge in [-0.15, -0.1) is 0 Å². The van der Waals surface area contributed by atoms with Gasteiger partial charge in [-0.3, -0.25) is 4.79 Å². The zero-order chi connectivity index (χ0) is 17.5. The van der Waals surface area contributed by atoms with Crippen molar-refractivity contribution >= 4 is 23.2 Å². The molecule has 2 N–H and O–H groups in total. The van der Waals surface area contributed by atoms with Crippen LogP contribution in [-0.2, 0) is 11.0 Å². The number of thiocarbonyl (C=S) groups is 1. The minimum Gasteiger partial charge on any atom is -0.461 e. The molecule has 4 nitrogen and oxygen atoms in total. The average molecular weight is 354 g/mol. The summed E-state index contributed by atoms with van der Waals surface area (Å²) in [5, 5.41) is 5.64. The Kier molecular flexibility index (Phi) is 4.08. The van der Waals surface area contributed by atoms with Crippen LogP contribution in [0, 0.1) is 0 Å². The Morgan fingerprint density at radius 3 is 2.38 bits per heavy atom. The highest BCUT2D eigenvalue weighted by Crippen LogP contribution is 2.32. The third kappa shape index (κ3) is 3.14. The van der Waals surface area contributed by atoms with Crippen LogP contribution in [0.1, 0.15) is 24.2 Å². The molecule has 1 aliphatic rings. The number of hydrogen-bond acceptors (Lipinski definition) is 3. The van der Waals surface area contributed by atoms with E-state index in [-0.39, 0.29) is 16.9 Å². The molecule has 2 atom stereocenters. The van der Waals surface area contributed by atoms with Gasteiger partial charge in [-0.25, -0.2) is 0 Å². The zero-order valence-corrected chi connectivity index (χ0v) is 13.3. The number of rotatable bonds is 3. The largest absolute Gasteiger partial charge is 0.461 e. The summed E-state index contributed by atoms with van der Waals surface area (Å²) in [4.78, 5) is 11.8. The molecule has 8 heteroatoms. The summed E-state index contributed by atoms with van der Waals surface area (Å²) in [6, 6.07) is 7.55. The normalized spacial score (nSPS) is 19.1. The van der Waals surface area contributed by atoms with Crippen molar-refractivity contribution in [2.45, 2.75) is 25.1 Å². The maximum Gasteiger partial charge on any atom is 0.416 e. The van der Waals surface area contributed by atoms with Gasteiger partial charge in [-0.2, -0.15) is 13.2 Å². The van der Waals surface area contributed by atoms with Crippen LogP contribution >= 0.6 is 12.2 Å². The first-order chi connectivity index (χ1) is 11.3. The van der Waals surface area contributed by atoms with Crippen LogP contribution in [0.25, 0.3) is 11.3 Å². The van der Waals surface area contributed by atoms with E-state index in [4.69, 9.17) is 16.6 Å². The molecule has 3 rings (SSSR count). The lowest BCUT2D eigenvalue weighted by Gasteiger charge is -2.14. The summed E-state index contributed by atoms with van der Waals surface area (Å²) in [6.07, 6.45) is -4.37. The predicted molar refractivity (Wildman–Crippen MR) is 85.2 cm³/mol. The van der Waals surface area contributed by atoms with Gasteiger partial charge in [0.05, 0.1) is 5.56 Å². The van der Waals surface area contributed by atoms with Gasteiger partial charge in [0.2, 0.25) is 5.91 Å². The lowest BCUT2D eigenvalue weighted by Crippen LogP contribution is -2.33. The van der Waals surface area contributed by atoms with Crippen molar-refractivity contribution in [1.82, 2.24) is 10.6 Å². The van der Waals surface area contributed by atoms with E-state index in [9.17, 15) is 18.0 Å². The van der Waals surface area contributed by atoms with Crippen LogP contribution in [0.2, 0.25) is 0 Å². The molecule has 0 saturated carbocycles. The number of carbonyl (C=O) groups is 1. The summed E-state index contributed by atoms with van der Waals surface area (Å²) >= 11 is 4.90. The van der Waals surface area contributed by atoms with Gasteiger partial charge in [0.15, 0.2) is 5.11 Å². The molecular weight excluding hydrogens is 341 g/mol. The van der Waals surface area contributed by atoms with Gasteiger partial charge < -0.3 is 15.1 Å². The number of hydrogen-bond donors (Lipinski definition) is 2. The molecule has 0 spiro atoms. The maximum atomic E-state index is 12.6. The minimum absolute atomic E-state index is 0.236. The highest BCUT2D eigenvalue weighted by atomic mass is 32.1. The molecule has 1 aromatic carbocycles. The Bertz CT molecular complexity index is 783. The second-order valence-electron chi connectivity index (χ2n) is 5.51. The van der Waals surface area contributed by atoms with Crippen LogP contribution in [0.3, 0.4) is 0 Å². The van der Waals surface area contributed by atoms with E-state index < -0.39 is 17.8 Å². The number of amides is 1. The van der Waals surface area contributed by atoms with E-state index in [0.29, 0.717) is 17.1 Å². The molecule has 0 radical (unpaired) electrons. The zero-order valence-electron chi connectivity index (χ0n) is 12.5. The first-order valence-electron chi connectivity index (χ1n) is 7.14. The van der Waals surface area contributed by atoms with E-state index in [1.807, 2.05) is 0 Å². The Morgan fingerprint density at radius 1 is 1.17 bits per heavy atom. The second kappa shape index (κ2) is 5.94.